The lowest BCUT2D eigenvalue weighted by Gasteiger charge is -2.22. The van der Waals surface area contributed by atoms with Crippen molar-refractivity contribution >= 4 is 17.1 Å². The third-order valence-electron chi connectivity index (χ3n) is 5.80. The number of amides is 1. The summed E-state index contributed by atoms with van der Waals surface area (Å²) >= 11 is 0. The number of nitriles is 1. The van der Waals surface area contributed by atoms with Crippen molar-refractivity contribution in [3.05, 3.63) is 36.7 Å². The van der Waals surface area contributed by atoms with E-state index in [9.17, 15) is 23.2 Å². The first kappa shape index (κ1) is 17.7. The van der Waals surface area contributed by atoms with E-state index in [1.807, 2.05) is 0 Å². The molecule has 10 heteroatoms. The summed E-state index contributed by atoms with van der Waals surface area (Å²) in [7, 11) is 0. The molecule has 0 radical (unpaired) electrons. The number of hydrogen-bond donors (Lipinski definition) is 0. The summed E-state index contributed by atoms with van der Waals surface area (Å²) < 4.78 is 42.0. The van der Waals surface area contributed by atoms with Crippen LogP contribution in [0.15, 0.2) is 30.9 Å². The molecule has 2 aliphatic rings. The molecular weight excluding hydrogens is 385 g/mol. The molecule has 1 aliphatic heterocycles. The quantitative estimate of drug-likeness (QED) is 0.673. The van der Waals surface area contributed by atoms with Crippen molar-refractivity contribution in [2.75, 3.05) is 11.4 Å². The second kappa shape index (κ2) is 6.07. The Morgan fingerprint density at radius 2 is 2.00 bits per heavy atom. The van der Waals surface area contributed by atoms with Gasteiger partial charge in [0.15, 0.2) is 5.82 Å². The smallest absolute Gasteiger partial charge is 0.309 e. The lowest BCUT2D eigenvalue weighted by Crippen LogP contribution is -2.35. The van der Waals surface area contributed by atoms with E-state index >= 15 is 0 Å². The molecule has 1 aliphatic carbocycles. The summed E-state index contributed by atoms with van der Waals surface area (Å²) in [6.45, 7) is -2.51. The maximum Gasteiger partial charge on any atom is 0.333 e. The first-order chi connectivity index (χ1) is 13.9. The van der Waals surface area contributed by atoms with Crippen molar-refractivity contribution in [1.82, 2.24) is 19.4 Å². The number of pyridine rings is 1. The van der Waals surface area contributed by atoms with Crippen molar-refractivity contribution in [1.29, 1.82) is 5.26 Å². The number of carbonyl (C=O) groups is 1. The van der Waals surface area contributed by atoms with Gasteiger partial charge in [-0.15, -0.1) is 0 Å². The number of anilines is 1. The average Bonchev–Trinajstić information content (AvgIpc) is 3.17. The Morgan fingerprint density at radius 3 is 2.66 bits per heavy atom. The summed E-state index contributed by atoms with van der Waals surface area (Å²) in [4.78, 5) is 14.6. The van der Waals surface area contributed by atoms with Crippen LogP contribution in [0.5, 0.6) is 0 Å². The van der Waals surface area contributed by atoms with Crippen LogP contribution in [0.4, 0.5) is 18.9 Å². The molecule has 3 aromatic rings. The van der Waals surface area contributed by atoms with Gasteiger partial charge in [-0.3, -0.25) is 4.79 Å². The molecule has 4 heterocycles. The number of nitrogens with zero attached hydrogens (tertiary/aromatic N) is 6. The molecule has 148 valence electrons. The van der Waals surface area contributed by atoms with Crippen LogP contribution in [0.1, 0.15) is 25.8 Å². The van der Waals surface area contributed by atoms with Crippen LogP contribution in [-0.2, 0) is 4.79 Å². The summed E-state index contributed by atoms with van der Waals surface area (Å²) in [5.41, 5.74) is 0.128. The van der Waals surface area contributed by atoms with Crippen LogP contribution in [0.3, 0.4) is 0 Å². The normalized spacial score (nSPS) is 22.0. The van der Waals surface area contributed by atoms with E-state index in [-0.39, 0.29) is 29.6 Å². The lowest BCUT2D eigenvalue weighted by atomic mass is 9.83. The predicted octanol–water partition coefficient (Wildman–Crippen LogP) is 3.39. The van der Waals surface area contributed by atoms with Gasteiger partial charge in [0.2, 0.25) is 5.91 Å². The van der Waals surface area contributed by atoms with Gasteiger partial charge in [-0.2, -0.15) is 24.2 Å². The van der Waals surface area contributed by atoms with E-state index in [4.69, 9.17) is 0 Å². The molecule has 3 aromatic heterocycles. The van der Waals surface area contributed by atoms with Crippen LogP contribution < -0.4 is 4.90 Å². The van der Waals surface area contributed by atoms with Crippen LogP contribution in [0.2, 0.25) is 0 Å². The Balaban J connectivity index is 1.64. The highest BCUT2D eigenvalue weighted by Crippen LogP contribution is 2.52. The molecule has 5 rings (SSSR count). The molecule has 0 N–H and O–H groups in total. The molecule has 1 saturated carbocycles. The van der Waals surface area contributed by atoms with E-state index in [0.717, 1.165) is 19.0 Å². The van der Waals surface area contributed by atoms with Crippen molar-refractivity contribution in [3.63, 3.8) is 0 Å². The standard InChI is InChI=1S/C19H15F3N6O/c20-14-7-25-27-8-11(12-6-24-28(9-12)18(21)22)5-15(16(14)27)26-4-3-19(10-23,17(26)29)13-1-2-13/h5-9,13,18H,1-4H2/t19-/m1/s1. The number of halogens is 3. The van der Waals surface area contributed by atoms with Gasteiger partial charge in [-0.05, 0) is 31.2 Å². The van der Waals surface area contributed by atoms with E-state index in [2.05, 4.69) is 16.3 Å². The van der Waals surface area contributed by atoms with Gasteiger partial charge >= 0.3 is 6.55 Å². The summed E-state index contributed by atoms with van der Waals surface area (Å²) in [5.74, 6) is -0.919. The molecule has 29 heavy (non-hydrogen) atoms. The topological polar surface area (TPSA) is 79.2 Å². The van der Waals surface area contributed by atoms with Crippen LogP contribution in [-0.4, -0.2) is 31.8 Å². The number of hydrogen-bond acceptors (Lipinski definition) is 4. The fraction of sp³-hybridized carbons (Fsp3) is 0.368. The second-order valence-corrected chi connectivity index (χ2v) is 7.45. The molecule has 0 spiro atoms. The summed E-state index contributed by atoms with van der Waals surface area (Å²) in [6.07, 6.45) is 7.00. The molecule has 0 aromatic carbocycles. The lowest BCUT2D eigenvalue weighted by molar-refractivity contribution is -0.123. The third kappa shape index (κ3) is 2.53. The largest absolute Gasteiger partial charge is 0.333 e. The average molecular weight is 400 g/mol. The van der Waals surface area contributed by atoms with Crippen molar-refractivity contribution < 1.29 is 18.0 Å². The highest BCUT2D eigenvalue weighted by molar-refractivity contribution is 6.05. The van der Waals surface area contributed by atoms with Gasteiger partial charge in [0.05, 0.1) is 24.2 Å². The molecule has 0 bridgehead atoms. The zero-order valence-electron chi connectivity index (χ0n) is 15.1. The molecule has 1 amide bonds. The second-order valence-electron chi connectivity index (χ2n) is 7.45. The van der Waals surface area contributed by atoms with Crippen molar-refractivity contribution in [2.45, 2.75) is 25.8 Å². The highest BCUT2D eigenvalue weighted by Gasteiger charge is 2.57. The van der Waals surface area contributed by atoms with Crippen molar-refractivity contribution in [3.8, 4) is 17.2 Å². The summed E-state index contributed by atoms with van der Waals surface area (Å²) in [6, 6.07) is 3.76. The van der Waals surface area contributed by atoms with Gasteiger partial charge in [-0.25, -0.2) is 13.6 Å². The van der Waals surface area contributed by atoms with E-state index in [1.165, 1.54) is 28.0 Å². The van der Waals surface area contributed by atoms with Gasteiger partial charge in [-0.1, -0.05) is 0 Å². The maximum absolute atomic E-state index is 14.5. The monoisotopic (exact) mass is 400 g/mol. The van der Waals surface area contributed by atoms with Crippen LogP contribution in [0.25, 0.3) is 16.6 Å². The number of rotatable bonds is 4. The van der Waals surface area contributed by atoms with Crippen LogP contribution in [0, 0.1) is 28.5 Å². The minimum Gasteiger partial charge on any atom is -0.309 e. The summed E-state index contributed by atoms with van der Waals surface area (Å²) in [5, 5.41) is 17.3. The number of fused-ring (bicyclic) bond motifs is 1. The molecular formula is C19H15F3N6O. The highest BCUT2D eigenvalue weighted by atomic mass is 19.3. The van der Waals surface area contributed by atoms with Crippen molar-refractivity contribution in [2.24, 2.45) is 11.3 Å². The first-order valence-corrected chi connectivity index (χ1v) is 9.17. The minimum atomic E-state index is -2.79. The Labute approximate surface area is 162 Å². The minimum absolute atomic E-state index is 0.0308. The number of alkyl halides is 2. The Hall–Kier alpha value is -3.35. The fourth-order valence-electron chi connectivity index (χ4n) is 4.14. The van der Waals surface area contributed by atoms with Gasteiger partial charge in [0.1, 0.15) is 10.9 Å². The number of aromatic nitrogens is 4. The van der Waals surface area contributed by atoms with E-state index < -0.39 is 17.8 Å². The maximum atomic E-state index is 14.5. The SMILES string of the molecule is N#C[C@@]1(C2CC2)CCN(c2cc(-c3cnn(C(F)F)c3)cn3ncc(F)c23)C1=O. The van der Waals surface area contributed by atoms with Gasteiger partial charge < -0.3 is 4.90 Å². The third-order valence-corrected chi connectivity index (χ3v) is 5.80. The molecule has 1 saturated heterocycles. The number of carbonyl (C=O) groups excluding carboxylic acids is 1. The van der Waals surface area contributed by atoms with Gasteiger partial charge in [0, 0.05) is 30.1 Å². The van der Waals surface area contributed by atoms with E-state index in [0.29, 0.717) is 22.2 Å². The Kier molecular flexibility index (Phi) is 3.71. The zero-order valence-corrected chi connectivity index (χ0v) is 15.1. The molecule has 2 fully saturated rings. The first-order valence-electron chi connectivity index (χ1n) is 9.17. The Bertz CT molecular complexity index is 1170. The Morgan fingerprint density at radius 1 is 1.21 bits per heavy atom. The molecule has 0 unspecified atom stereocenters. The van der Waals surface area contributed by atoms with Crippen LogP contribution >= 0.6 is 0 Å². The molecule has 1 atom stereocenters. The molecule has 7 nitrogen and oxygen atoms in total. The van der Waals surface area contributed by atoms with Gasteiger partial charge in [0.25, 0.3) is 0 Å². The zero-order chi connectivity index (χ0) is 20.3. The fourth-order valence-corrected chi connectivity index (χ4v) is 4.14. The predicted molar refractivity (Wildman–Crippen MR) is 95.4 cm³/mol. The van der Waals surface area contributed by atoms with E-state index in [1.54, 1.807) is 6.07 Å².